The Bertz CT molecular complexity index is 788. The lowest BCUT2D eigenvalue weighted by Gasteiger charge is -2.37. The van der Waals surface area contributed by atoms with E-state index in [4.69, 9.17) is 10.5 Å². The van der Waals surface area contributed by atoms with Gasteiger partial charge in [-0.25, -0.2) is 9.78 Å². The summed E-state index contributed by atoms with van der Waals surface area (Å²) in [5, 5.41) is 0. The van der Waals surface area contributed by atoms with Crippen LogP contribution in [-0.4, -0.2) is 52.7 Å². The van der Waals surface area contributed by atoms with Crippen LogP contribution in [0.1, 0.15) is 24.0 Å². The summed E-state index contributed by atoms with van der Waals surface area (Å²) in [6.07, 6.45) is 4.13. The number of likely N-dealkylation sites (tertiary alicyclic amines) is 1. The van der Waals surface area contributed by atoms with E-state index in [1.807, 2.05) is 35.2 Å². The highest BCUT2D eigenvalue weighted by Crippen LogP contribution is 2.34. The number of pyridine rings is 1. The van der Waals surface area contributed by atoms with E-state index in [2.05, 4.69) is 22.0 Å². The molecule has 0 unspecified atom stereocenters. The van der Waals surface area contributed by atoms with Crippen LogP contribution in [0.5, 0.6) is 0 Å². The van der Waals surface area contributed by atoms with Gasteiger partial charge >= 0.3 is 6.09 Å². The number of amides is 1. The second-order valence-corrected chi connectivity index (χ2v) is 7.53. The molecule has 1 aromatic carbocycles. The smallest absolute Gasteiger partial charge is 0.410 e. The quantitative estimate of drug-likeness (QED) is 0.881. The average molecular weight is 366 g/mol. The summed E-state index contributed by atoms with van der Waals surface area (Å²) in [6, 6.07) is 14.2. The topological polar surface area (TPSA) is 71.7 Å². The molecule has 2 aliphatic rings. The van der Waals surface area contributed by atoms with Crippen LogP contribution in [0.4, 0.5) is 10.6 Å². The van der Waals surface area contributed by atoms with Crippen LogP contribution in [0.25, 0.3) is 0 Å². The van der Waals surface area contributed by atoms with Crippen LogP contribution in [0.15, 0.2) is 48.7 Å². The molecule has 1 amide bonds. The van der Waals surface area contributed by atoms with Crippen molar-refractivity contribution >= 4 is 11.9 Å². The minimum Gasteiger partial charge on any atom is -0.441 e. The zero-order valence-corrected chi connectivity index (χ0v) is 15.5. The minimum absolute atomic E-state index is 0.170. The van der Waals surface area contributed by atoms with Gasteiger partial charge in [-0.3, -0.25) is 4.90 Å². The van der Waals surface area contributed by atoms with Crippen molar-refractivity contribution in [3.8, 4) is 0 Å². The number of hydrogen-bond acceptors (Lipinski definition) is 5. The van der Waals surface area contributed by atoms with Gasteiger partial charge in [0.15, 0.2) is 0 Å². The van der Waals surface area contributed by atoms with Gasteiger partial charge in [0, 0.05) is 50.8 Å². The molecule has 6 heteroatoms. The average Bonchev–Trinajstić information content (AvgIpc) is 3.00. The van der Waals surface area contributed by atoms with Crippen LogP contribution in [0, 0.1) is 0 Å². The number of hydrogen-bond donors (Lipinski definition) is 1. The van der Waals surface area contributed by atoms with E-state index in [1.165, 1.54) is 5.56 Å². The minimum atomic E-state index is -0.329. The van der Waals surface area contributed by atoms with Crippen molar-refractivity contribution in [3.63, 3.8) is 0 Å². The molecule has 2 N–H and O–H groups in total. The first-order valence-corrected chi connectivity index (χ1v) is 9.57. The molecule has 4 rings (SSSR count). The van der Waals surface area contributed by atoms with Crippen molar-refractivity contribution in [2.75, 3.05) is 31.9 Å². The summed E-state index contributed by atoms with van der Waals surface area (Å²) >= 11 is 0. The molecule has 2 aliphatic heterocycles. The lowest BCUT2D eigenvalue weighted by Crippen LogP contribution is -2.46. The summed E-state index contributed by atoms with van der Waals surface area (Å²) < 4.78 is 5.84. The maximum atomic E-state index is 12.4. The molecule has 6 nitrogen and oxygen atoms in total. The molecule has 142 valence electrons. The molecule has 0 saturated carbocycles. The Balaban J connectivity index is 1.30. The number of nitrogens with two attached hydrogens (primary N) is 1. The summed E-state index contributed by atoms with van der Waals surface area (Å²) in [4.78, 5) is 20.7. The van der Waals surface area contributed by atoms with Crippen molar-refractivity contribution in [2.45, 2.75) is 31.4 Å². The lowest BCUT2D eigenvalue weighted by molar-refractivity contribution is -0.00120. The number of anilines is 1. The number of aromatic nitrogens is 1. The Morgan fingerprint density at radius 2 is 1.89 bits per heavy atom. The van der Waals surface area contributed by atoms with E-state index in [0.717, 1.165) is 44.5 Å². The van der Waals surface area contributed by atoms with Crippen LogP contribution in [-0.2, 0) is 17.7 Å². The Labute approximate surface area is 159 Å². The van der Waals surface area contributed by atoms with E-state index in [0.29, 0.717) is 18.9 Å². The molecule has 27 heavy (non-hydrogen) atoms. The van der Waals surface area contributed by atoms with Gasteiger partial charge in [0.2, 0.25) is 0 Å². The highest BCUT2D eigenvalue weighted by atomic mass is 16.6. The molecular formula is C21H26N4O2. The summed E-state index contributed by atoms with van der Waals surface area (Å²) in [5.41, 5.74) is 7.93. The molecule has 2 aromatic rings. The molecular weight excluding hydrogens is 340 g/mol. The van der Waals surface area contributed by atoms with E-state index in [9.17, 15) is 4.79 Å². The molecule has 0 radical (unpaired) electrons. The Morgan fingerprint density at radius 3 is 2.63 bits per heavy atom. The molecule has 2 fully saturated rings. The van der Waals surface area contributed by atoms with Crippen molar-refractivity contribution in [1.29, 1.82) is 0 Å². The molecule has 0 atom stereocenters. The lowest BCUT2D eigenvalue weighted by atomic mass is 9.91. The van der Waals surface area contributed by atoms with Gasteiger partial charge < -0.3 is 15.4 Å². The number of carbonyl (C=O) groups excluding carboxylic acids is 1. The Morgan fingerprint density at radius 1 is 1.11 bits per heavy atom. The van der Waals surface area contributed by atoms with E-state index < -0.39 is 0 Å². The molecule has 0 aliphatic carbocycles. The molecule has 3 heterocycles. The summed E-state index contributed by atoms with van der Waals surface area (Å²) in [5.74, 6) is 0.595. The molecule has 0 bridgehead atoms. The number of nitrogen functional groups attached to an aromatic ring is 1. The third-order valence-electron chi connectivity index (χ3n) is 5.64. The van der Waals surface area contributed by atoms with E-state index in [-0.39, 0.29) is 11.7 Å². The van der Waals surface area contributed by atoms with Crippen LogP contribution in [0.2, 0.25) is 0 Å². The normalized spacial score (nSPS) is 19.4. The summed E-state index contributed by atoms with van der Waals surface area (Å²) in [7, 11) is 0. The van der Waals surface area contributed by atoms with Crippen molar-refractivity contribution in [3.05, 3.63) is 59.8 Å². The maximum Gasteiger partial charge on any atom is 0.410 e. The standard InChI is InChI=1S/C21H26N4O2/c22-19-18(7-4-11-23-19)15-24-13-9-21(10-14-24)16-25(20(26)27-21)12-8-17-5-2-1-3-6-17/h1-7,11H,8-10,12-16H2,(H2,22,23). The fourth-order valence-corrected chi connectivity index (χ4v) is 3.98. The van der Waals surface area contributed by atoms with E-state index >= 15 is 0 Å². The number of rotatable bonds is 5. The summed E-state index contributed by atoms with van der Waals surface area (Å²) in [6.45, 7) is 3.99. The second-order valence-electron chi connectivity index (χ2n) is 7.53. The van der Waals surface area contributed by atoms with E-state index in [1.54, 1.807) is 6.20 Å². The first kappa shape index (κ1) is 17.8. The monoisotopic (exact) mass is 366 g/mol. The first-order chi connectivity index (χ1) is 13.1. The van der Waals surface area contributed by atoms with Gasteiger partial charge in [-0.15, -0.1) is 0 Å². The number of carbonyl (C=O) groups is 1. The van der Waals surface area contributed by atoms with Crippen molar-refractivity contribution < 1.29 is 9.53 Å². The fraction of sp³-hybridized carbons (Fsp3) is 0.429. The first-order valence-electron chi connectivity index (χ1n) is 9.57. The fourth-order valence-electron chi connectivity index (χ4n) is 3.98. The predicted molar refractivity (Wildman–Crippen MR) is 104 cm³/mol. The number of piperidine rings is 1. The van der Waals surface area contributed by atoms with Crippen LogP contribution in [0.3, 0.4) is 0 Å². The second kappa shape index (κ2) is 7.56. The van der Waals surface area contributed by atoms with Gasteiger partial charge in [0.25, 0.3) is 0 Å². The van der Waals surface area contributed by atoms with Gasteiger partial charge in [0.05, 0.1) is 6.54 Å². The molecule has 2 saturated heterocycles. The third kappa shape index (κ3) is 4.06. The molecule has 1 aromatic heterocycles. The van der Waals surface area contributed by atoms with Crippen LogP contribution < -0.4 is 5.73 Å². The zero-order chi connectivity index (χ0) is 18.7. The Kier molecular flexibility index (Phi) is 4.99. The third-order valence-corrected chi connectivity index (χ3v) is 5.64. The van der Waals surface area contributed by atoms with Crippen molar-refractivity contribution in [2.24, 2.45) is 0 Å². The zero-order valence-electron chi connectivity index (χ0n) is 15.5. The van der Waals surface area contributed by atoms with Gasteiger partial charge in [-0.05, 0) is 18.1 Å². The number of ether oxygens (including phenoxy) is 1. The van der Waals surface area contributed by atoms with Gasteiger partial charge in [-0.1, -0.05) is 36.4 Å². The SMILES string of the molecule is Nc1ncccc1CN1CCC2(CC1)CN(CCc1ccccc1)C(=O)O2. The Hall–Kier alpha value is -2.60. The van der Waals surface area contributed by atoms with Crippen LogP contribution >= 0.6 is 0 Å². The van der Waals surface area contributed by atoms with Gasteiger partial charge in [0.1, 0.15) is 11.4 Å². The van der Waals surface area contributed by atoms with Crippen molar-refractivity contribution in [1.82, 2.24) is 14.8 Å². The highest BCUT2D eigenvalue weighted by Gasteiger charge is 2.46. The van der Waals surface area contributed by atoms with Gasteiger partial charge in [-0.2, -0.15) is 0 Å². The maximum absolute atomic E-state index is 12.4. The highest BCUT2D eigenvalue weighted by molar-refractivity contribution is 5.70. The predicted octanol–water partition coefficient (Wildman–Crippen LogP) is 2.69. The number of nitrogens with zero attached hydrogens (tertiary/aromatic N) is 3. The largest absolute Gasteiger partial charge is 0.441 e. The number of benzene rings is 1. The molecule has 1 spiro atoms.